The lowest BCUT2D eigenvalue weighted by molar-refractivity contribution is -0.132. The summed E-state index contributed by atoms with van der Waals surface area (Å²) in [5.74, 6) is -0.118. The fourth-order valence-electron chi connectivity index (χ4n) is 3.25. The lowest BCUT2D eigenvalue weighted by Crippen LogP contribution is -2.50. The van der Waals surface area contributed by atoms with E-state index in [2.05, 4.69) is 15.2 Å². The molecule has 3 aromatic rings. The molecule has 140 valence electrons. The Morgan fingerprint density at radius 1 is 1.33 bits per heavy atom. The van der Waals surface area contributed by atoms with Gasteiger partial charge in [0.1, 0.15) is 16.2 Å². The van der Waals surface area contributed by atoms with Gasteiger partial charge >= 0.3 is 0 Å². The van der Waals surface area contributed by atoms with Crippen molar-refractivity contribution in [1.82, 2.24) is 20.1 Å². The van der Waals surface area contributed by atoms with Crippen molar-refractivity contribution in [2.45, 2.75) is 32.0 Å². The Morgan fingerprint density at radius 3 is 2.93 bits per heavy atom. The minimum absolute atomic E-state index is 0.0636. The van der Waals surface area contributed by atoms with E-state index >= 15 is 0 Å². The van der Waals surface area contributed by atoms with Crippen LogP contribution in [0.5, 0.6) is 0 Å². The van der Waals surface area contributed by atoms with Crippen molar-refractivity contribution >= 4 is 28.0 Å². The molecule has 1 aliphatic rings. The molecule has 27 heavy (non-hydrogen) atoms. The summed E-state index contributed by atoms with van der Waals surface area (Å²) in [5, 5.41) is 12.0. The Kier molecular flexibility index (Phi) is 4.84. The number of aromatic nitrogens is 3. The molecule has 0 spiro atoms. The predicted octanol–water partition coefficient (Wildman–Crippen LogP) is 2.50. The third kappa shape index (κ3) is 3.81. The number of nitrogens with zero attached hydrogens (tertiary/aromatic N) is 4. The zero-order valence-corrected chi connectivity index (χ0v) is 15.7. The number of nitrogens with two attached hydrogens (primary N) is 1. The number of carbonyl (C=O) groups excluding carboxylic acids is 1. The van der Waals surface area contributed by atoms with E-state index in [0.717, 1.165) is 26.4 Å². The van der Waals surface area contributed by atoms with Gasteiger partial charge < -0.3 is 10.6 Å². The lowest BCUT2D eigenvalue weighted by atomic mass is 10.0. The predicted molar refractivity (Wildman–Crippen MR) is 103 cm³/mol. The molecule has 0 aliphatic carbocycles. The van der Waals surface area contributed by atoms with Crippen LogP contribution in [-0.2, 0) is 11.2 Å². The summed E-state index contributed by atoms with van der Waals surface area (Å²) in [6.45, 7) is 2.48. The van der Waals surface area contributed by atoms with Gasteiger partial charge in [0.2, 0.25) is 5.91 Å². The maximum Gasteiger partial charge on any atom is 0.228 e. The summed E-state index contributed by atoms with van der Waals surface area (Å²) in [7, 11) is 0. The standard InChI is InChI=1S/C19H20FN5OS/c1-11-23-24-19(27-11)12-2-3-13-9-22-15(7-14(13)6-12)8-18(26)25-5-4-17(21)16(20)10-25/h2-3,6-7,9,16-17H,4-5,8,10,21H2,1H3/t16-,17-/m1/s1. The number of pyridine rings is 1. The average molecular weight is 385 g/mol. The fraction of sp³-hybridized carbons (Fsp3) is 0.368. The first-order valence-corrected chi connectivity index (χ1v) is 9.68. The lowest BCUT2D eigenvalue weighted by Gasteiger charge is -2.32. The number of hydrogen-bond acceptors (Lipinski definition) is 6. The quantitative estimate of drug-likeness (QED) is 0.749. The molecule has 1 saturated heterocycles. The Labute approximate surface area is 160 Å². The van der Waals surface area contributed by atoms with Crippen molar-refractivity contribution in [3.63, 3.8) is 0 Å². The summed E-state index contributed by atoms with van der Waals surface area (Å²) >= 11 is 1.54. The Hall–Kier alpha value is -2.45. The smallest absolute Gasteiger partial charge is 0.228 e. The number of alkyl halides is 1. The van der Waals surface area contributed by atoms with Crippen LogP contribution in [0.4, 0.5) is 4.39 Å². The molecule has 1 aliphatic heterocycles. The maximum absolute atomic E-state index is 13.8. The second kappa shape index (κ2) is 7.28. The second-order valence-corrected chi connectivity index (χ2v) is 8.03. The number of piperidine rings is 1. The van der Waals surface area contributed by atoms with E-state index in [0.29, 0.717) is 18.7 Å². The van der Waals surface area contributed by atoms with Gasteiger partial charge in [0.15, 0.2) is 0 Å². The van der Waals surface area contributed by atoms with E-state index in [9.17, 15) is 9.18 Å². The Bertz CT molecular complexity index is 991. The van der Waals surface area contributed by atoms with Crippen molar-refractivity contribution in [3.05, 3.63) is 41.2 Å². The van der Waals surface area contributed by atoms with Crippen LogP contribution in [0.1, 0.15) is 17.1 Å². The number of amides is 1. The fourth-order valence-corrected chi connectivity index (χ4v) is 3.93. The normalized spacial score (nSPS) is 20.2. The first kappa shape index (κ1) is 17.9. The van der Waals surface area contributed by atoms with Crippen molar-refractivity contribution < 1.29 is 9.18 Å². The SMILES string of the molecule is Cc1nnc(-c2ccc3cnc(CC(=O)N4CC[C@@H](N)[C@H](F)C4)cc3c2)s1. The minimum Gasteiger partial charge on any atom is -0.339 e. The zero-order valence-electron chi connectivity index (χ0n) is 14.9. The summed E-state index contributed by atoms with van der Waals surface area (Å²) in [5.41, 5.74) is 7.34. The van der Waals surface area contributed by atoms with E-state index in [1.165, 1.54) is 11.3 Å². The van der Waals surface area contributed by atoms with Gasteiger partial charge in [-0.15, -0.1) is 10.2 Å². The molecular weight excluding hydrogens is 365 g/mol. The number of rotatable bonds is 3. The highest BCUT2D eigenvalue weighted by Gasteiger charge is 2.29. The van der Waals surface area contributed by atoms with Gasteiger partial charge in [-0.1, -0.05) is 23.5 Å². The minimum atomic E-state index is -1.16. The van der Waals surface area contributed by atoms with Crippen LogP contribution in [0, 0.1) is 6.92 Å². The highest BCUT2D eigenvalue weighted by Crippen LogP contribution is 2.27. The molecule has 1 fully saturated rings. The summed E-state index contributed by atoms with van der Waals surface area (Å²) < 4.78 is 13.8. The molecule has 3 heterocycles. The Morgan fingerprint density at radius 2 is 2.19 bits per heavy atom. The van der Waals surface area contributed by atoms with E-state index < -0.39 is 12.2 Å². The van der Waals surface area contributed by atoms with Gasteiger partial charge in [0.25, 0.3) is 0 Å². The molecule has 2 atom stereocenters. The third-order valence-electron chi connectivity index (χ3n) is 4.83. The molecule has 0 radical (unpaired) electrons. The summed E-state index contributed by atoms with van der Waals surface area (Å²) in [6, 6.07) is 7.44. The first-order valence-electron chi connectivity index (χ1n) is 8.86. The van der Waals surface area contributed by atoms with Gasteiger partial charge in [-0.3, -0.25) is 9.78 Å². The molecule has 0 bridgehead atoms. The number of fused-ring (bicyclic) bond motifs is 1. The molecule has 0 unspecified atom stereocenters. The van der Waals surface area contributed by atoms with Gasteiger partial charge in [0.05, 0.1) is 18.7 Å². The van der Waals surface area contributed by atoms with Crippen molar-refractivity contribution in [3.8, 4) is 10.6 Å². The van der Waals surface area contributed by atoms with E-state index in [-0.39, 0.29) is 18.9 Å². The number of likely N-dealkylation sites (tertiary alicyclic amines) is 1. The maximum atomic E-state index is 13.8. The van der Waals surface area contributed by atoms with Crippen molar-refractivity contribution in [2.75, 3.05) is 13.1 Å². The van der Waals surface area contributed by atoms with Crippen LogP contribution in [0.3, 0.4) is 0 Å². The number of halogens is 1. The van der Waals surface area contributed by atoms with Crippen LogP contribution in [0.15, 0.2) is 30.5 Å². The van der Waals surface area contributed by atoms with Gasteiger partial charge in [0, 0.05) is 29.7 Å². The molecule has 4 rings (SSSR count). The van der Waals surface area contributed by atoms with Crippen LogP contribution in [0.25, 0.3) is 21.3 Å². The van der Waals surface area contributed by atoms with E-state index in [1.54, 1.807) is 11.1 Å². The van der Waals surface area contributed by atoms with Crippen LogP contribution in [-0.4, -0.2) is 51.3 Å². The number of benzene rings is 1. The van der Waals surface area contributed by atoms with Crippen LogP contribution < -0.4 is 5.73 Å². The molecular formula is C19H20FN5OS. The second-order valence-electron chi connectivity index (χ2n) is 6.85. The summed E-state index contributed by atoms with van der Waals surface area (Å²) in [6.07, 6.45) is 1.24. The molecule has 6 nitrogen and oxygen atoms in total. The highest BCUT2D eigenvalue weighted by atomic mass is 32.1. The van der Waals surface area contributed by atoms with Crippen molar-refractivity contribution in [2.24, 2.45) is 5.73 Å². The summed E-state index contributed by atoms with van der Waals surface area (Å²) in [4.78, 5) is 18.4. The van der Waals surface area contributed by atoms with E-state index in [4.69, 9.17) is 5.73 Å². The molecule has 1 aromatic carbocycles. The third-order valence-corrected chi connectivity index (χ3v) is 5.72. The average Bonchev–Trinajstić information content (AvgIpc) is 3.09. The van der Waals surface area contributed by atoms with E-state index in [1.807, 2.05) is 31.2 Å². The number of hydrogen-bond donors (Lipinski definition) is 1. The number of aryl methyl sites for hydroxylation is 1. The topological polar surface area (TPSA) is 85.0 Å². The monoisotopic (exact) mass is 385 g/mol. The van der Waals surface area contributed by atoms with Gasteiger partial charge in [-0.25, -0.2) is 4.39 Å². The molecule has 2 N–H and O–H groups in total. The molecule has 1 amide bonds. The molecule has 2 aromatic heterocycles. The largest absolute Gasteiger partial charge is 0.339 e. The van der Waals surface area contributed by atoms with Gasteiger partial charge in [-0.05, 0) is 30.9 Å². The van der Waals surface area contributed by atoms with Crippen LogP contribution >= 0.6 is 11.3 Å². The molecule has 0 saturated carbocycles. The zero-order chi connectivity index (χ0) is 19.0. The first-order chi connectivity index (χ1) is 13.0. The molecule has 8 heteroatoms. The van der Waals surface area contributed by atoms with Crippen molar-refractivity contribution in [1.29, 1.82) is 0 Å². The highest BCUT2D eigenvalue weighted by molar-refractivity contribution is 7.14. The van der Waals surface area contributed by atoms with Crippen LogP contribution in [0.2, 0.25) is 0 Å². The van der Waals surface area contributed by atoms with Gasteiger partial charge in [-0.2, -0.15) is 0 Å². The number of carbonyl (C=O) groups is 1. The Balaban J connectivity index is 1.54.